The maximum atomic E-state index is 13.0. The molecule has 1 N–H and O–H groups in total. The van der Waals surface area contributed by atoms with Crippen molar-refractivity contribution < 1.29 is 4.79 Å². The van der Waals surface area contributed by atoms with Crippen molar-refractivity contribution in [3.05, 3.63) is 78.0 Å². The van der Waals surface area contributed by atoms with Gasteiger partial charge in [-0.25, -0.2) is 9.97 Å². The van der Waals surface area contributed by atoms with Gasteiger partial charge >= 0.3 is 0 Å². The topological polar surface area (TPSA) is 94.8 Å². The lowest BCUT2D eigenvalue weighted by Crippen LogP contribution is -2.10. The zero-order valence-electron chi connectivity index (χ0n) is 19.5. The molecule has 0 spiro atoms. The summed E-state index contributed by atoms with van der Waals surface area (Å²) in [5.74, 6) is 0.175. The molecule has 0 aliphatic heterocycles. The van der Waals surface area contributed by atoms with Gasteiger partial charge in [-0.05, 0) is 55.9 Å². The van der Waals surface area contributed by atoms with Gasteiger partial charge in [0.2, 0.25) is 5.82 Å². The number of nitrogens with zero attached hydrogens (tertiary/aromatic N) is 5. The Morgan fingerprint density at radius 1 is 1.00 bits per heavy atom. The van der Waals surface area contributed by atoms with Crippen LogP contribution in [0.1, 0.15) is 41.5 Å². The van der Waals surface area contributed by atoms with E-state index in [9.17, 15) is 4.79 Å². The second kappa shape index (κ2) is 10.2. The van der Waals surface area contributed by atoms with Crippen LogP contribution in [-0.2, 0) is 6.54 Å². The van der Waals surface area contributed by atoms with Crippen LogP contribution >= 0.6 is 0 Å². The quantitative estimate of drug-likeness (QED) is 0.362. The number of pyridine rings is 1. The largest absolute Gasteiger partial charge is 0.354 e. The standard InChI is InChI=1S/C27H26N6O/c1-4-5-25(34)23-16-29-24-11-8-19(20-14-30-26(13-28)31-15-20)12-22(24)27(23)32-21-9-6-18(7-10-21)17-33(2)3/h6-12,14-16H,4-5,17H2,1-3H3,(H,29,32). The molecule has 7 heteroatoms. The monoisotopic (exact) mass is 450 g/mol. The lowest BCUT2D eigenvalue weighted by atomic mass is 10.00. The second-order valence-corrected chi connectivity index (χ2v) is 8.42. The first-order valence-corrected chi connectivity index (χ1v) is 11.2. The third-order valence-electron chi connectivity index (χ3n) is 5.45. The Hall–Kier alpha value is -4.15. The highest BCUT2D eigenvalue weighted by Gasteiger charge is 2.16. The van der Waals surface area contributed by atoms with E-state index in [0.717, 1.165) is 46.4 Å². The molecule has 0 aliphatic rings. The summed E-state index contributed by atoms with van der Waals surface area (Å²) in [7, 11) is 4.08. The molecule has 2 heterocycles. The molecule has 0 bridgehead atoms. The fourth-order valence-electron chi connectivity index (χ4n) is 3.82. The number of anilines is 2. The molecule has 0 atom stereocenters. The average Bonchev–Trinajstić information content (AvgIpc) is 2.85. The van der Waals surface area contributed by atoms with E-state index in [1.165, 1.54) is 5.56 Å². The van der Waals surface area contributed by atoms with Gasteiger partial charge < -0.3 is 10.2 Å². The minimum Gasteiger partial charge on any atom is -0.354 e. The van der Waals surface area contributed by atoms with Gasteiger partial charge in [-0.2, -0.15) is 5.26 Å². The number of carbonyl (C=O) groups is 1. The molecule has 0 unspecified atom stereocenters. The maximum Gasteiger partial charge on any atom is 0.232 e. The molecule has 2 aromatic carbocycles. The van der Waals surface area contributed by atoms with Crippen LogP contribution in [0.3, 0.4) is 0 Å². The van der Waals surface area contributed by atoms with E-state index in [2.05, 4.69) is 37.3 Å². The van der Waals surface area contributed by atoms with Crippen molar-refractivity contribution in [1.29, 1.82) is 5.26 Å². The highest BCUT2D eigenvalue weighted by molar-refractivity contribution is 6.09. The highest BCUT2D eigenvalue weighted by atomic mass is 16.1. The van der Waals surface area contributed by atoms with Crippen molar-refractivity contribution in [2.24, 2.45) is 0 Å². The molecule has 4 rings (SSSR count). The molecule has 0 saturated heterocycles. The predicted octanol–water partition coefficient (Wildman–Crippen LogP) is 5.35. The number of hydrogen-bond donors (Lipinski definition) is 1. The molecule has 7 nitrogen and oxygen atoms in total. The van der Waals surface area contributed by atoms with Gasteiger partial charge in [-0.1, -0.05) is 25.1 Å². The van der Waals surface area contributed by atoms with Crippen LogP contribution in [0.4, 0.5) is 11.4 Å². The summed E-state index contributed by atoms with van der Waals surface area (Å²) >= 11 is 0. The number of nitriles is 1. The van der Waals surface area contributed by atoms with E-state index >= 15 is 0 Å². The van der Waals surface area contributed by atoms with Crippen molar-refractivity contribution in [3.8, 4) is 17.2 Å². The van der Waals surface area contributed by atoms with Crippen LogP contribution in [0, 0.1) is 11.3 Å². The van der Waals surface area contributed by atoms with E-state index in [1.807, 2.05) is 57.4 Å². The number of ketones is 1. The van der Waals surface area contributed by atoms with Crippen LogP contribution < -0.4 is 5.32 Å². The van der Waals surface area contributed by atoms with Crippen molar-refractivity contribution >= 4 is 28.1 Å². The van der Waals surface area contributed by atoms with Crippen molar-refractivity contribution in [3.63, 3.8) is 0 Å². The lowest BCUT2D eigenvalue weighted by Gasteiger charge is -2.16. The zero-order valence-corrected chi connectivity index (χ0v) is 19.5. The summed E-state index contributed by atoms with van der Waals surface area (Å²) in [5.41, 5.74) is 5.85. The fraction of sp³-hybridized carbons (Fsp3) is 0.222. The van der Waals surface area contributed by atoms with Gasteiger partial charge in [-0.15, -0.1) is 0 Å². The SMILES string of the molecule is CCCC(=O)c1cnc2ccc(-c3cnc(C#N)nc3)cc2c1Nc1ccc(CN(C)C)cc1. The summed E-state index contributed by atoms with van der Waals surface area (Å²) in [6.07, 6.45) is 6.13. The molecule has 34 heavy (non-hydrogen) atoms. The summed E-state index contributed by atoms with van der Waals surface area (Å²) in [5, 5.41) is 13.3. The van der Waals surface area contributed by atoms with Crippen LogP contribution in [-0.4, -0.2) is 39.7 Å². The number of Topliss-reactive ketones (excluding diaryl/α,β-unsaturated/α-hetero) is 1. The van der Waals surface area contributed by atoms with E-state index in [-0.39, 0.29) is 11.6 Å². The Bertz CT molecular complexity index is 1360. The first-order chi connectivity index (χ1) is 16.5. The third kappa shape index (κ3) is 5.08. The third-order valence-corrected chi connectivity index (χ3v) is 5.45. The predicted molar refractivity (Wildman–Crippen MR) is 134 cm³/mol. The number of rotatable bonds is 8. The highest BCUT2D eigenvalue weighted by Crippen LogP contribution is 2.33. The molecule has 0 fully saturated rings. The maximum absolute atomic E-state index is 13.0. The van der Waals surface area contributed by atoms with E-state index < -0.39 is 0 Å². The molecular formula is C27H26N6O. The van der Waals surface area contributed by atoms with Crippen LogP contribution in [0.2, 0.25) is 0 Å². The Morgan fingerprint density at radius 2 is 1.74 bits per heavy atom. The first-order valence-electron chi connectivity index (χ1n) is 11.2. The molecule has 4 aromatic rings. The summed E-state index contributed by atoms with van der Waals surface area (Å²) < 4.78 is 0. The molecule has 2 aromatic heterocycles. The van der Waals surface area contributed by atoms with Gasteiger partial charge in [0, 0.05) is 48.2 Å². The number of aromatic nitrogens is 3. The number of carbonyl (C=O) groups excluding carboxylic acids is 1. The Labute approximate surface area is 199 Å². The normalized spacial score (nSPS) is 10.9. The Balaban J connectivity index is 1.80. The van der Waals surface area contributed by atoms with E-state index in [1.54, 1.807) is 18.6 Å². The average molecular weight is 451 g/mol. The van der Waals surface area contributed by atoms with E-state index in [4.69, 9.17) is 5.26 Å². The number of hydrogen-bond acceptors (Lipinski definition) is 7. The smallest absolute Gasteiger partial charge is 0.232 e. The van der Waals surface area contributed by atoms with Gasteiger partial charge in [0.25, 0.3) is 0 Å². The molecular weight excluding hydrogens is 424 g/mol. The molecule has 0 radical (unpaired) electrons. The summed E-state index contributed by atoms with van der Waals surface area (Å²) in [4.78, 5) is 27.8. The number of benzene rings is 2. The molecule has 0 amide bonds. The van der Waals surface area contributed by atoms with Crippen LogP contribution in [0.5, 0.6) is 0 Å². The molecule has 170 valence electrons. The van der Waals surface area contributed by atoms with Crippen molar-refractivity contribution in [1.82, 2.24) is 19.9 Å². The lowest BCUT2D eigenvalue weighted by molar-refractivity contribution is 0.0982. The first kappa shape index (κ1) is 23.0. The van der Waals surface area contributed by atoms with Gasteiger partial charge in [0.1, 0.15) is 6.07 Å². The van der Waals surface area contributed by atoms with Crippen LogP contribution in [0.15, 0.2) is 61.1 Å². The minimum atomic E-state index is 0.0516. The Kier molecular flexibility index (Phi) is 6.90. The zero-order chi connectivity index (χ0) is 24.1. The molecule has 0 aliphatic carbocycles. The van der Waals surface area contributed by atoms with Gasteiger partial charge in [0.15, 0.2) is 5.78 Å². The van der Waals surface area contributed by atoms with Crippen LogP contribution in [0.25, 0.3) is 22.0 Å². The van der Waals surface area contributed by atoms with Gasteiger partial charge in [-0.3, -0.25) is 9.78 Å². The summed E-state index contributed by atoms with van der Waals surface area (Å²) in [6.45, 7) is 2.85. The number of nitrogens with one attached hydrogen (secondary N) is 1. The van der Waals surface area contributed by atoms with Crippen molar-refractivity contribution in [2.45, 2.75) is 26.3 Å². The number of fused-ring (bicyclic) bond motifs is 1. The van der Waals surface area contributed by atoms with E-state index in [0.29, 0.717) is 12.0 Å². The Morgan fingerprint density at radius 3 is 2.38 bits per heavy atom. The molecule has 0 saturated carbocycles. The van der Waals surface area contributed by atoms with Gasteiger partial charge in [0.05, 0.1) is 16.8 Å². The second-order valence-electron chi connectivity index (χ2n) is 8.42. The van der Waals surface area contributed by atoms with Crippen molar-refractivity contribution in [2.75, 3.05) is 19.4 Å². The summed E-state index contributed by atoms with van der Waals surface area (Å²) in [6, 6.07) is 16.0. The fourth-order valence-corrected chi connectivity index (χ4v) is 3.82. The minimum absolute atomic E-state index is 0.0516.